The molecule has 0 radical (unpaired) electrons. The second-order valence-electron chi connectivity index (χ2n) is 10.0. The maximum absolute atomic E-state index is 13.6. The number of para-hydroxylation sites is 1. The molecule has 1 fully saturated rings. The Morgan fingerprint density at radius 3 is 2.39 bits per heavy atom. The number of primary amides is 1. The van der Waals surface area contributed by atoms with Crippen LogP contribution in [0.3, 0.4) is 0 Å². The van der Waals surface area contributed by atoms with Crippen molar-refractivity contribution in [2.45, 2.75) is 62.7 Å². The van der Waals surface area contributed by atoms with Crippen molar-refractivity contribution in [1.82, 2.24) is 36.2 Å². The summed E-state index contributed by atoms with van der Waals surface area (Å²) in [5, 5.41) is 21.5. The van der Waals surface area contributed by atoms with Crippen LogP contribution in [-0.4, -0.2) is 80.4 Å². The Labute approximate surface area is 235 Å². The number of benzene rings is 1. The summed E-state index contributed by atoms with van der Waals surface area (Å²) in [6.45, 7) is 0.697. The summed E-state index contributed by atoms with van der Waals surface area (Å²) in [7, 11) is 0. The van der Waals surface area contributed by atoms with Gasteiger partial charge in [0, 0.05) is 48.3 Å². The first-order chi connectivity index (χ1) is 19.7. The molecule has 9 N–H and O–H groups in total. The number of hydrogen-bond acceptors (Lipinski definition) is 7. The van der Waals surface area contributed by atoms with Crippen LogP contribution in [0.1, 0.15) is 36.9 Å². The van der Waals surface area contributed by atoms with Gasteiger partial charge < -0.3 is 42.1 Å². The Hall–Kier alpha value is -4.72. The lowest BCUT2D eigenvalue weighted by molar-refractivity contribution is -0.142. The van der Waals surface area contributed by atoms with Crippen LogP contribution in [0.25, 0.3) is 10.9 Å². The molecule has 4 unspecified atom stereocenters. The average Bonchev–Trinajstić information content (AvgIpc) is 3.73. The number of aliphatic carboxylic acids is 1. The molecule has 0 bridgehead atoms. The van der Waals surface area contributed by atoms with E-state index in [4.69, 9.17) is 5.73 Å². The molecule has 3 aromatic rings. The van der Waals surface area contributed by atoms with Crippen molar-refractivity contribution in [3.63, 3.8) is 0 Å². The van der Waals surface area contributed by atoms with E-state index >= 15 is 0 Å². The summed E-state index contributed by atoms with van der Waals surface area (Å²) >= 11 is 0. The van der Waals surface area contributed by atoms with Crippen molar-refractivity contribution < 1.29 is 29.1 Å². The average molecular weight is 567 g/mol. The minimum Gasteiger partial charge on any atom is -0.480 e. The first-order valence-corrected chi connectivity index (χ1v) is 13.4. The summed E-state index contributed by atoms with van der Waals surface area (Å²) in [5.74, 6) is -3.77. The first-order valence-electron chi connectivity index (χ1n) is 13.4. The van der Waals surface area contributed by atoms with Crippen LogP contribution in [0.2, 0.25) is 0 Å². The van der Waals surface area contributed by atoms with Gasteiger partial charge in [-0.3, -0.25) is 19.2 Å². The summed E-state index contributed by atoms with van der Waals surface area (Å²) in [5.41, 5.74) is 7.30. The van der Waals surface area contributed by atoms with E-state index in [-0.39, 0.29) is 31.6 Å². The number of amides is 4. The molecule has 1 saturated heterocycles. The van der Waals surface area contributed by atoms with Gasteiger partial charge in [-0.15, -0.1) is 0 Å². The molecule has 0 aliphatic carbocycles. The Kier molecular flexibility index (Phi) is 9.68. The molecule has 1 aliphatic rings. The molecule has 3 heterocycles. The van der Waals surface area contributed by atoms with Gasteiger partial charge in [-0.1, -0.05) is 18.2 Å². The van der Waals surface area contributed by atoms with Gasteiger partial charge in [-0.05, 0) is 37.4 Å². The second kappa shape index (κ2) is 13.6. The number of hydrogen-bond donors (Lipinski definition) is 8. The molecular formula is C27H34N8O6. The Morgan fingerprint density at radius 2 is 1.73 bits per heavy atom. The third kappa shape index (κ3) is 7.91. The molecule has 0 saturated carbocycles. The van der Waals surface area contributed by atoms with Gasteiger partial charge in [-0.25, -0.2) is 9.78 Å². The van der Waals surface area contributed by atoms with Gasteiger partial charge in [-0.2, -0.15) is 0 Å². The number of carbonyl (C=O) groups excluding carboxylic acids is 4. The molecule has 1 aromatic carbocycles. The molecule has 14 heteroatoms. The lowest BCUT2D eigenvalue weighted by Gasteiger charge is -2.25. The monoisotopic (exact) mass is 566 g/mol. The third-order valence-corrected chi connectivity index (χ3v) is 7.01. The molecule has 4 rings (SSSR count). The molecule has 14 nitrogen and oxygen atoms in total. The van der Waals surface area contributed by atoms with E-state index in [9.17, 15) is 29.1 Å². The van der Waals surface area contributed by atoms with E-state index in [0.29, 0.717) is 18.7 Å². The predicted molar refractivity (Wildman–Crippen MR) is 147 cm³/mol. The number of nitrogens with two attached hydrogens (primary N) is 1. The number of aromatic nitrogens is 3. The fourth-order valence-corrected chi connectivity index (χ4v) is 4.82. The van der Waals surface area contributed by atoms with Crippen LogP contribution < -0.4 is 27.0 Å². The molecule has 41 heavy (non-hydrogen) atoms. The molecule has 0 spiro atoms. The van der Waals surface area contributed by atoms with E-state index in [1.54, 1.807) is 6.20 Å². The van der Waals surface area contributed by atoms with Crippen LogP contribution >= 0.6 is 0 Å². The quantitative estimate of drug-likeness (QED) is 0.123. The Balaban J connectivity index is 1.57. The largest absolute Gasteiger partial charge is 0.480 e. The molecule has 218 valence electrons. The summed E-state index contributed by atoms with van der Waals surface area (Å²) in [6.07, 6.45) is 5.83. The number of carboxylic acids is 1. The molecule has 4 atom stereocenters. The SMILES string of the molecule is NC(=O)CCC(NC(=O)C(Cc1c[nH]c2ccccc12)NC(=O)C(Cc1cnc[nH]1)NC(=O)C1CCCN1)C(=O)O. The number of imidazole rings is 1. The zero-order valence-corrected chi connectivity index (χ0v) is 22.3. The van der Waals surface area contributed by atoms with Crippen molar-refractivity contribution in [2.24, 2.45) is 5.73 Å². The highest BCUT2D eigenvalue weighted by Gasteiger charge is 2.32. The summed E-state index contributed by atoms with van der Waals surface area (Å²) in [6, 6.07) is 3.34. The Morgan fingerprint density at radius 1 is 1.00 bits per heavy atom. The fourth-order valence-electron chi connectivity index (χ4n) is 4.82. The zero-order chi connectivity index (χ0) is 29.4. The van der Waals surface area contributed by atoms with E-state index in [1.807, 2.05) is 24.3 Å². The predicted octanol–water partition coefficient (Wildman–Crippen LogP) is -0.767. The molecular weight excluding hydrogens is 532 g/mol. The molecule has 1 aliphatic heterocycles. The van der Waals surface area contributed by atoms with E-state index < -0.39 is 47.9 Å². The number of carbonyl (C=O) groups is 5. The zero-order valence-electron chi connectivity index (χ0n) is 22.3. The maximum Gasteiger partial charge on any atom is 0.326 e. The highest BCUT2D eigenvalue weighted by atomic mass is 16.4. The summed E-state index contributed by atoms with van der Waals surface area (Å²) < 4.78 is 0. The van der Waals surface area contributed by atoms with Gasteiger partial charge in [0.15, 0.2) is 0 Å². The Bertz CT molecular complexity index is 1380. The highest BCUT2D eigenvalue weighted by Crippen LogP contribution is 2.19. The fraction of sp³-hybridized carbons (Fsp3) is 0.407. The molecule has 2 aromatic heterocycles. The second-order valence-corrected chi connectivity index (χ2v) is 10.0. The standard InChI is InChI=1S/C27H34N8O6/c28-23(36)8-7-20(27(40)41)33-25(38)21(10-15-12-31-18-5-2-1-4-17(15)18)34-26(39)22(11-16-13-29-14-32-16)35-24(37)19-6-3-9-30-19/h1-2,4-5,12-14,19-22,30-31H,3,6-11H2,(H2,28,36)(H,29,32)(H,33,38)(H,34,39)(H,35,37)(H,40,41). The third-order valence-electron chi connectivity index (χ3n) is 7.01. The smallest absolute Gasteiger partial charge is 0.326 e. The topological polar surface area (TPSA) is 224 Å². The van der Waals surface area contributed by atoms with Gasteiger partial charge in [0.1, 0.15) is 18.1 Å². The van der Waals surface area contributed by atoms with Crippen molar-refractivity contribution in [1.29, 1.82) is 0 Å². The number of H-pyrrole nitrogens is 2. The van der Waals surface area contributed by atoms with Crippen LogP contribution in [-0.2, 0) is 36.8 Å². The van der Waals surface area contributed by atoms with E-state index in [0.717, 1.165) is 22.9 Å². The van der Waals surface area contributed by atoms with Crippen LogP contribution in [0.5, 0.6) is 0 Å². The van der Waals surface area contributed by atoms with Gasteiger partial charge in [0.2, 0.25) is 23.6 Å². The number of nitrogens with zero attached hydrogens (tertiary/aromatic N) is 1. The van der Waals surface area contributed by atoms with E-state index in [1.165, 1.54) is 12.5 Å². The maximum atomic E-state index is 13.6. The van der Waals surface area contributed by atoms with Crippen molar-refractivity contribution in [3.8, 4) is 0 Å². The number of nitrogens with one attached hydrogen (secondary N) is 6. The van der Waals surface area contributed by atoms with Crippen LogP contribution in [0.15, 0.2) is 43.0 Å². The lowest BCUT2D eigenvalue weighted by Crippen LogP contribution is -2.58. The van der Waals surface area contributed by atoms with Gasteiger partial charge in [0.25, 0.3) is 0 Å². The van der Waals surface area contributed by atoms with Gasteiger partial charge >= 0.3 is 5.97 Å². The van der Waals surface area contributed by atoms with E-state index in [2.05, 4.69) is 36.2 Å². The van der Waals surface area contributed by atoms with Crippen molar-refractivity contribution in [2.75, 3.05) is 6.54 Å². The van der Waals surface area contributed by atoms with Crippen LogP contribution in [0.4, 0.5) is 0 Å². The van der Waals surface area contributed by atoms with Crippen molar-refractivity contribution >= 4 is 40.5 Å². The van der Waals surface area contributed by atoms with Gasteiger partial charge in [0.05, 0.1) is 12.4 Å². The minimum atomic E-state index is -1.40. The summed E-state index contributed by atoms with van der Waals surface area (Å²) in [4.78, 5) is 73.0. The number of rotatable bonds is 14. The van der Waals surface area contributed by atoms with Crippen LogP contribution in [0, 0.1) is 0 Å². The minimum absolute atomic E-state index is 0.0264. The van der Waals surface area contributed by atoms with Crippen molar-refractivity contribution in [3.05, 3.63) is 54.2 Å². The number of fused-ring (bicyclic) bond motifs is 1. The lowest BCUT2D eigenvalue weighted by atomic mass is 10.0. The number of aromatic amines is 2. The molecule has 4 amide bonds. The normalized spacial score (nSPS) is 16.9. The first kappa shape index (κ1) is 29.3. The highest BCUT2D eigenvalue weighted by molar-refractivity contribution is 5.95. The number of carboxylic acid groups (broad SMARTS) is 1.